The van der Waals surface area contributed by atoms with Crippen molar-refractivity contribution >= 4 is 11.3 Å². The summed E-state index contributed by atoms with van der Waals surface area (Å²) in [6.07, 6.45) is 4.58. The van der Waals surface area contributed by atoms with E-state index in [1.807, 2.05) is 20.0 Å². The maximum atomic E-state index is 5.17. The van der Waals surface area contributed by atoms with Gasteiger partial charge in [0, 0.05) is 23.7 Å². The lowest BCUT2D eigenvalue weighted by Gasteiger charge is -1.97. The number of nitrogens with zero attached hydrogens (tertiary/aromatic N) is 2. The largest absolute Gasteiger partial charge is 0.361 e. The van der Waals surface area contributed by atoms with E-state index in [9.17, 15) is 0 Å². The number of thiazole rings is 1. The van der Waals surface area contributed by atoms with Crippen molar-refractivity contribution in [2.24, 2.45) is 0 Å². The van der Waals surface area contributed by atoms with Crippen molar-refractivity contribution < 1.29 is 4.52 Å². The lowest BCUT2D eigenvalue weighted by Crippen LogP contribution is -2.14. The van der Waals surface area contributed by atoms with Crippen LogP contribution in [0.1, 0.15) is 29.2 Å². The van der Waals surface area contributed by atoms with E-state index in [0.29, 0.717) is 0 Å². The van der Waals surface area contributed by atoms with Gasteiger partial charge >= 0.3 is 0 Å². The summed E-state index contributed by atoms with van der Waals surface area (Å²) < 4.78 is 5.17. The number of hydrogen-bond acceptors (Lipinski definition) is 5. The molecule has 1 saturated carbocycles. The summed E-state index contributed by atoms with van der Waals surface area (Å²) >= 11 is 1.72. The Balaban J connectivity index is 1.79. The summed E-state index contributed by atoms with van der Waals surface area (Å²) in [5, 5.41) is 8.46. The molecule has 2 heterocycles. The SMILES string of the molecule is Cc1noc(C)c1-c1ncc(CNC2CC2)s1. The van der Waals surface area contributed by atoms with Crippen LogP contribution in [0.5, 0.6) is 0 Å². The molecule has 0 unspecified atom stereocenters. The van der Waals surface area contributed by atoms with Crippen LogP contribution in [0.15, 0.2) is 10.7 Å². The molecule has 0 spiro atoms. The number of rotatable bonds is 4. The highest BCUT2D eigenvalue weighted by molar-refractivity contribution is 7.15. The van der Waals surface area contributed by atoms with Crippen LogP contribution in [0.25, 0.3) is 10.6 Å². The highest BCUT2D eigenvalue weighted by Crippen LogP contribution is 2.30. The lowest BCUT2D eigenvalue weighted by molar-refractivity contribution is 0.393. The van der Waals surface area contributed by atoms with Crippen molar-refractivity contribution in [2.75, 3.05) is 0 Å². The molecule has 3 rings (SSSR count). The van der Waals surface area contributed by atoms with Gasteiger partial charge in [0.15, 0.2) is 0 Å². The van der Waals surface area contributed by atoms with Gasteiger partial charge in [0.05, 0.1) is 11.3 Å². The molecule has 17 heavy (non-hydrogen) atoms. The molecule has 0 amide bonds. The fraction of sp³-hybridized carbons (Fsp3) is 0.500. The van der Waals surface area contributed by atoms with E-state index in [2.05, 4.69) is 15.5 Å². The van der Waals surface area contributed by atoms with Crippen LogP contribution < -0.4 is 5.32 Å². The Bertz CT molecular complexity index is 508. The molecule has 0 bridgehead atoms. The Kier molecular flexibility index (Phi) is 2.72. The molecule has 90 valence electrons. The summed E-state index contributed by atoms with van der Waals surface area (Å²) in [6, 6.07) is 0.736. The second-order valence-electron chi connectivity index (χ2n) is 4.49. The summed E-state index contributed by atoms with van der Waals surface area (Å²) in [6.45, 7) is 4.81. The second kappa shape index (κ2) is 4.23. The van der Waals surface area contributed by atoms with Crippen LogP contribution in [-0.2, 0) is 6.54 Å². The lowest BCUT2D eigenvalue weighted by atomic mass is 10.2. The first-order valence-electron chi connectivity index (χ1n) is 5.85. The van der Waals surface area contributed by atoms with Gasteiger partial charge in [0.1, 0.15) is 10.8 Å². The van der Waals surface area contributed by atoms with Crippen molar-refractivity contribution in [3.05, 3.63) is 22.5 Å². The smallest absolute Gasteiger partial charge is 0.144 e. The molecule has 0 atom stereocenters. The molecule has 5 heteroatoms. The van der Waals surface area contributed by atoms with Gasteiger partial charge in [-0.2, -0.15) is 0 Å². The van der Waals surface area contributed by atoms with Gasteiger partial charge in [-0.3, -0.25) is 0 Å². The maximum Gasteiger partial charge on any atom is 0.144 e. The van der Waals surface area contributed by atoms with Crippen molar-refractivity contribution in [1.82, 2.24) is 15.5 Å². The maximum absolute atomic E-state index is 5.17. The van der Waals surface area contributed by atoms with Crippen molar-refractivity contribution in [1.29, 1.82) is 0 Å². The van der Waals surface area contributed by atoms with Crippen LogP contribution in [0.4, 0.5) is 0 Å². The molecule has 1 aliphatic carbocycles. The van der Waals surface area contributed by atoms with Crippen molar-refractivity contribution in [3.8, 4) is 10.6 Å². The first-order chi connectivity index (χ1) is 8.24. The molecule has 0 aromatic carbocycles. The van der Waals surface area contributed by atoms with Gasteiger partial charge < -0.3 is 9.84 Å². The Morgan fingerprint density at radius 1 is 1.47 bits per heavy atom. The van der Waals surface area contributed by atoms with E-state index in [-0.39, 0.29) is 0 Å². The van der Waals surface area contributed by atoms with E-state index in [1.165, 1.54) is 17.7 Å². The van der Waals surface area contributed by atoms with E-state index < -0.39 is 0 Å². The second-order valence-corrected chi connectivity index (χ2v) is 5.60. The quantitative estimate of drug-likeness (QED) is 0.905. The topological polar surface area (TPSA) is 51.0 Å². The van der Waals surface area contributed by atoms with Crippen molar-refractivity contribution in [3.63, 3.8) is 0 Å². The monoisotopic (exact) mass is 249 g/mol. The Hall–Kier alpha value is -1.20. The predicted octanol–water partition coefficient (Wildman–Crippen LogP) is 2.67. The van der Waals surface area contributed by atoms with Gasteiger partial charge in [0.25, 0.3) is 0 Å². The number of nitrogens with one attached hydrogen (secondary N) is 1. The van der Waals surface area contributed by atoms with Gasteiger partial charge in [-0.15, -0.1) is 11.3 Å². The number of hydrogen-bond donors (Lipinski definition) is 1. The summed E-state index contributed by atoms with van der Waals surface area (Å²) in [7, 11) is 0. The normalized spacial score (nSPS) is 15.4. The Labute approximate surface area is 104 Å². The average molecular weight is 249 g/mol. The van der Waals surface area contributed by atoms with Gasteiger partial charge in [-0.25, -0.2) is 4.98 Å². The van der Waals surface area contributed by atoms with Gasteiger partial charge in [-0.05, 0) is 26.7 Å². The molecule has 4 nitrogen and oxygen atoms in total. The molecule has 2 aromatic heterocycles. The van der Waals surface area contributed by atoms with Gasteiger partial charge in [0.2, 0.25) is 0 Å². The fourth-order valence-corrected chi connectivity index (χ4v) is 2.83. The minimum atomic E-state index is 0.736. The van der Waals surface area contributed by atoms with Crippen LogP contribution in [0.3, 0.4) is 0 Å². The zero-order chi connectivity index (χ0) is 11.8. The molecule has 2 aromatic rings. The molecule has 0 saturated heterocycles. The predicted molar refractivity (Wildman–Crippen MR) is 66.9 cm³/mol. The van der Waals surface area contributed by atoms with E-state index in [4.69, 9.17) is 4.52 Å². The first kappa shape index (κ1) is 10.9. The summed E-state index contributed by atoms with van der Waals surface area (Å²) in [4.78, 5) is 5.73. The number of aryl methyl sites for hydroxylation is 2. The van der Waals surface area contributed by atoms with E-state index in [1.54, 1.807) is 11.3 Å². The third-order valence-corrected chi connectivity index (χ3v) is 3.96. The third kappa shape index (κ3) is 2.25. The minimum Gasteiger partial charge on any atom is -0.361 e. The average Bonchev–Trinajstić information content (AvgIpc) is 2.94. The molecule has 1 N–H and O–H groups in total. The van der Waals surface area contributed by atoms with E-state index in [0.717, 1.165) is 34.6 Å². The first-order valence-corrected chi connectivity index (χ1v) is 6.67. The van der Waals surface area contributed by atoms with Crippen LogP contribution >= 0.6 is 11.3 Å². The molecule has 1 aliphatic rings. The molecule has 0 radical (unpaired) electrons. The van der Waals surface area contributed by atoms with Crippen LogP contribution in [0.2, 0.25) is 0 Å². The molecule has 0 aliphatic heterocycles. The van der Waals surface area contributed by atoms with Crippen LogP contribution in [-0.4, -0.2) is 16.2 Å². The Morgan fingerprint density at radius 3 is 2.94 bits per heavy atom. The molecule has 1 fully saturated rings. The molecular formula is C12H15N3OS. The van der Waals surface area contributed by atoms with Gasteiger partial charge in [-0.1, -0.05) is 5.16 Å². The standard InChI is InChI=1S/C12H15N3OS/c1-7-11(8(2)16-15-7)12-14-6-10(17-12)5-13-9-3-4-9/h6,9,13H,3-5H2,1-2H3. The highest BCUT2D eigenvalue weighted by atomic mass is 32.1. The van der Waals surface area contributed by atoms with Crippen molar-refractivity contribution in [2.45, 2.75) is 39.3 Å². The molecular weight excluding hydrogens is 234 g/mol. The zero-order valence-corrected chi connectivity index (χ0v) is 10.8. The fourth-order valence-electron chi connectivity index (χ4n) is 1.83. The highest BCUT2D eigenvalue weighted by Gasteiger charge is 2.21. The summed E-state index contributed by atoms with van der Waals surface area (Å²) in [5.74, 6) is 0.846. The summed E-state index contributed by atoms with van der Waals surface area (Å²) in [5.41, 5.74) is 1.96. The number of aromatic nitrogens is 2. The Morgan fingerprint density at radius 2 is 2.29 bits per heavy atom. The van der Waals surface area contributed by atoms with E-state index >= 15 is 0 Å². The zero-order valence-electron chi connectivity index (χ0n) is 9.99. The van der Waals surface area contributed by atoms with Crippen LogP contribution in [0, 0.1) is 13.8 Å². The third-order valence-electron chi connectivity index (χ3n) is 2.94. The minimum absolute atomic E-state index is 0.736.